The Hall–Kier alpha value is 0.340. The van der Waals surface area contributed by atoms with E-state index in [0.717, 1.165) is 12.8 Å². The second-order valence-electron chi connectivity index (χ2n) is 3.23. The first kappa shape index (κ1) is 17.7. The number of carbonyl (C=O) groups is 1. The van der Waals surface area contributed by atoms with Gasteiger partial charge in [0.05, 0.1) is 0 Å². The van der Waals surface area contributed by atoms with Crippen molar-refractivity contribution in [1.82, 2.24) is 0 Å². The minimum absolute atomic E-state index is 0. The summed E-state index contributed by atoms with van der Waals surface area (Å²) in [5.74, 6) is 0.0912. The third-order valence-electron chi connectivity index (χ3n) is 2.01. The normalized spacial score (nSPS) is 16.9. The van der Waals surface area contributed by atoms with Crippen LogP contribution in [0.25, 0.3) is 0 Å². The van der Waals surface area contributed by atoms with Crippen molar-refractivity contribution in [3.05, 3.63) is 0 Å². The Morgan fingerprint density at radius 1 is 1.20 bits per heavy atom. The molecule has 0 radical (unpaired) electrons. The Morgan fingerprint density at radius 3 is 1.73 bits per heavy atom. The van der Waals surface area contributed by atoms with E-state index in [9.17, 15) is 4.79 Å². The topological polar surface area (TPSA) is 126 Å². The van der Waals surface area contributed by atoms with Crippen molar-refractivity contribution in [3.63, 3.8) is 0 Å². The zero-order valence-electron chi connectivity index (χ0n) is 8.81. The van der Waals surface area contributed by atoms with Crippen molar-refractivity contribution in [1.29, 1.82) is 0 Å². The molecule has 0 aliphatic heterocycles. The van der Waals surface area contributed by atoms with Crippen molar-refractivity contribution in [2.24, 2.45) is 16.8 Å². The Balaban J connectivity index is 0. The molecule has 0 bridgehead atoms. The third kappa shape index (κ3) is 14.3. The van der Waals surface area contributed by atoms with Gasteiger partial charge >= 0.3 is 29.6 Å². The summed E-state index contributed by atoms with van der Waals surface area (Å²) >= 11 is 0. The van der Waals surface area contributed by atoms with Crippen LogP contribution < -0.4 is 40.4 Å². The van der Waals surface area contributed by atoms with Crippen LogP contribution in [-0.4, -0.2) is 18.9 Å². The second kappa shape index (κ2) is 8.49. The molecule has 0 aromatic carbocycles. The predicted octanol–water partition coefficient (Wildman–Crippen LogP) is -3.54. The summed E-state index contributed by atoms with van der Waals surface area (Å²) in [5.41, 5.74) is 5.13. The van der Waals surface area contributed by atoms with Crippen LogP contribution >= 0.6 is 0 Å². The van der Waals surface area contributed by atoms with Crippen LogP contribution in [-0.2, 0) is 15.1 Å². The van der Waals surface area contributed by atoms with Crippen LogP contribution in [0.2, 0.25) is 0 Å². The average molecular weight is 246 g/mol. The largest absolute Gasteiger partial charge is 1.00 e. The van der Waals surface area contributed by atoms with Gasteiger partial charge in [0.15, 0.2) is 10.3 Å². The quantitative estimate of drug-likeness (QED) is 0.367. The molecule has 1 amide bonds. The van der Waals surface area contributed by atoms with Crippen molar-refractivity contribution >= 4 is 16.2 Å². The fourth-order valence-corrected chi connectivity index (χ4v) is 1.39. The summed E-state index contributed by atoms with van der Waals surface area (Å²) in [6, 6.07) is 0. The van der Waals surface area contributed by atoms with Gasteiger partial charge in [-0.3, -0.25) is 4.79 Å². The van der Waals surface area contributed by atoms with Gasteiger partial charge in [0.25, 0.3) is 0 Å². The monoisotopic (exact) mass is 246 g/mol. The molecule has 1 fully saturated rings. The number of hydrogen-bond donors (Lipinski definition) is 2. The smallest absolute Gasteiger partial charge is 0.736 e. The summed E-state index contributed by atoms with van der Waals surface area (Å²) in [7, 11) is -4.42. The van der Waals surface area contributed by atoms with E-state index in [0.29, 0.717) is 0 Å². The standard InChI is InChI=1S/C7H13NO.H3NO3S.Na/c8-7(9)6-4-2-1-3-5-6;1-5(2,3)4;/h6H,1-5H2,(H2,8,9);(H3,1,2,3,4);/q;;+1/p-1. The van der Waals surface area contributed by atoms with E-state index < -0.39 is 10.3 Å². The van der Waals surface area contributed by atoms with E-state index in [-0.39, 0.29) is 41.4 Å². The van der Waals surface area contributed by atoms with Gasteiger partial charge in [0.2, 0.25) is 5.91 Å². The summed E-state index contributed by atoms with van der Waals surface area (Å²) in [4.78, 5) is 10.6. The van der Waals surface area contributed by atoms with E-state index in [1.807, 2.05) is 0 Å². The fraction of sp³-hybridized carbons (Fsp3) is 0.857. The van der Waals surface area contributed by atoms with E-state index in [4.69, 9.17) is 18.7 Å². The van der Waals surface area contributed by atoms with Gasteiger partial charge in [0, 0.05) is 5.92 Å². The van der Waals surface area contributed by atoms with Crippen LogP contribution in [0, 0.1) is 5.92 Å². The molecule has 0 unspecified atom stereocenters. The maximum absolute atomic E-state index is 10.6. The Morgan fingerprint density at radius 2 is 1.53 bits per heavy atom. The molecule has 84 valence electrons. The van der Waals surface area contributed by atoms with E-state index in [1.165, 1.54) is 19.3 Å². The number of hydrogen-bond acceptors (Lipinski definition) is 4. The summed E-state index contributed by atoms with van der Waals surface area (Å²) in [5, 5.41) is 3.77. The molecule has 8 heteroatoms. The van der Waals surface area contributed by atoms with Crippen molar-refractivity contribution in [3.8, 4) is 0 Å². The van der Waals surface area contributed by atoms with Crippen molar-refractivity contribution in [2.75, 3.05) is 0 Å². The maximum atomic E-state index is 10.6. The van der Waals surface area contributed by atoms with Crippen LogP contribution in [0.4, 0.5) is 0 Å². The summed E-state index contributed by atoms with van der Waals surface area (Å²) in [6.45, 7) is 0. The molecule has 0 heterocycles. The maximum Gasteiger partial charge on any atom is 1.00 e. The van der Waals surface area contributed by atoms with Crippen LogP contribution in [0.15, 0.2) is 0 Å². The molecule has 0 aromatic heterocycles. The minimum Gasteiger partial charge on any atom is -0.736 e. The molecular weight excluding hydrogens is 231 g/mol. The molecular formula is C7H15N2NaO4S. The summed E-state index contributed by atoms with van der Waals surface area (Å²) in [6.07, 6.45) is 5.70. The van der Waals surface area contributed by atoms with Gasteiger partial charge in [-0.05, 0) is 12.8 Å². The second-order valence-corrected chi connectivity index (χ2v) is 4.22. The third-order valence-corrected chi connectivity index (χ3v) is 2.01. The van der Waals surface area contributed by atoms with Gasteiger partial charge in [-0.15, -0.1) is 0 Å². The van der Waals surface area contributed by atoms with Gasteiger partial charge in [0.1, 0.15) is 0 Å². The first-order valence-corrected chi connectivity index (χ1v) is 5.81. The zero-order valence-corrected chi connectivity index (χ0v) is 11.6. The fourth-order valence-electron chi connectivity index (χ4n) is 1.39. The summed E-state index contributed by atoms with van der Waals surface area (Å²) < 4.78 is 26.6. The molecule has 0 spiro atoms. The Labute approximate surface area is 112 Å². The van der Waals surface area contributed by atoms with Crippen LogP contribution in [0.3, 0.4) is 0 Å². The van der Waals surface area contributed by atoms with Gasteiger partial charge in [-0.1, -0.05) is 19.3 Å². The number of nitrogens with two attached hydrogens (primary N) is 2. The molecule has 1 aliphatic carbocycles. The molecule has 0 atom stereocenters. The zero-order chi connectivity index (χ0) is 11.2. The molecule has 0 aromatic rings. The molecule has 15 heavy (non-hydrogen) atoms. The Kier molecular flexibility index (Phi) is 10.0. The van der Waals surface area contributed by atoms with Gasteiger partial charge in [-0.25, -0.2) is 13.6 Å². The van der Waals surface area contributed by atoms with Crippen LogP contribution in [0.5, 0.6) is 0 Å². The number of primary amides is 1. The van der Waals surface area contributed by atoms with E-state index >= 15 is 0 Å². The molecule has 1 aliphatic rings. The molecule has 1 rings (SSSR count). The van der Waals surface area contributed by atoms with Gasteiger partial charge in [-0.2, -0.15) is 0 Å². The minimum atomic E-state index is -4.42. The number of carbonyl (C=O) groups excluding carboxylic acids is 1. The number of amides is 1. The van der Waals surface area contributed by atoms with Crippen molar-refractivity contribution in [2.45, 2.75) is 32.1 Å². The van der Waals surface area contributed by atoms with Crippen LogP contribution in [0.1, 0.15) is 32.1 Å². The van der Waals surface area contributed by atoms with Crippen molar-refractivity contribution < 1.29 is 47.3 Å². The average Bonchev–Trinajstić information content (AvgIpc) is 2.03. The SMILES string of the molecule is NC(=O)C1CCCCC1.NS(=O)(=O)[O-].[Na+]. The molecule has 1 saturated carbocycles. The van der Waals surface area contributed by atoms with Gasteiger partial charge < -0.3 is 10.3 Å². The Bertz CT molecular complexity index is 267. The molecule has 4 N–H and O–H groups in total. The molecule has 0 saturated heterocycles. The first-order chi connectivity index (χ1) is 6.30. The number of rotatable bonds is 1. The van der Waals surface area contributed by atoms with E-state index in [2.05, 4.69) is 5.14 Å². The predicted molar refractivity (Wildman–Crippen MR) is 49.7 cm³/mol. The molecule has 6 nitrogen and oxygen atoms in total. The first-order valence-electron chi connectivity index (χ1n) is 4.33. The van der Waals surface area contributed by atoms with E-state index in [1.54, 1.807) is 0 Å².